The number of hydrogen-bond acceptors (Lipinski definition) is 1. The number of aliphatic hydroxyl groups excluding tert-OH is 1. The molecule has 0 radical (unpaired) electrons. The summed E-state index contributed by atoms with van der Waals surface area (Å²) in [5.41, 5.74) is 3.72. The van der Waals surface area contributed by atoms with E-state index in [9.17, 15) is 5.11 Å². The first-order valence-corrected chi connectivity index (χ1v) is 5.53. The number of hydrogen-bond donors (Lipinski definition) is 1. The van der Waals surface area contributed by atoms with Gasteiger partial charge in [0.15, 0.2) is 0 Å². The number of aryl methyl sites for hydroxylation is 1. The zero-order valence-electron chi connectivity index (χ0n) is 8.90. The molecule has 1 aliphatic rings. The van der Waals surface area contributed by atoms with Gasteiger partial charge in [0.2, 0.25) is 0 Å². The lowest BCUT2D eigenvalue weighted by Crippen LogP contribution is -2.10. The Hall–Kier alpha value is -1.28. The lowest BCUT2D eigenvalue weighted by molar-refractivity contribution is 0.157. The van der Waals surface area contributed by atoms with E-state index in [2.05, 4.69) is 29.8 Å². The summed E-state index contributed by atoms with van der Waals surface area (Å²) < 4.78 is 2.23. The Labute approximate surface area is 89.1 Å². The van der Waals surface area contributed by atoms with Crippen LogP contribution in [0.3, 0.4) is 0 Å². The quantitative estimate of drug-likeness (QED) is 0.696. The summed E-state index contributed by atoms with van der Waals surface area (Å²) in [6.45, 7) is 0. The second-order valence-corrected chi connectivity index (χ2v) is 4.34. The van der Waals surface area contributed by atoms with Crippen molar-refractivity contribution in [1.29, 1.82) is 0 Å². The average molecular weight is 201 g/mol. The Kier molecular flexibility index (Phi) is 1.86. The molecule has 1 N–H and O–H groups in total. The van der Waals surface area contributed by atoms with Gasteiger partial charge in [-0.2, -0.15) is 0 Å². The van der Waals surface area contributed by atoms with E-state index in [1.54, 1.807) is 0 Å². The van der Waals surface area contributed by atoms with Crippen LogP contribution < -0.4 is 0 Å². The van der Waals surface area contributed by atoms with Gasteiger partial charge in [-0.1, -0.05) is 18.2 Å². The van der Waals surface area contributed by atoms with Gasteiger partial charge in [0.1, 0.15) is 0 Å². The zero-order valence-corrected chi connectivity index (χ0v) is 8.90. The molecule has 0 aliphatic heterocycles. The van der Waals surface area contributed by atoms with Crippen molar-refractivity contribution >= 4 is 10.9 Å². The largest absolute Gasteiger partial charge is 0.388 e. The molecule has 0 spiro atoms. The first-order chi connectivity index (χ1) is 7.29. The number of fused-ring (bicyclic) bond motifs is 3. The number of aliphatic hydroxyl groups is 1. The normalized spacial score (nSPS) is 20.5. The van der Waals surface area contributed by atoms with Crippen LogP contribution in [0.15, 0.2) is 24.3 Å². The Balaban J connectivity index is 2.41. The maximum absolute atomic E-state index is 10.1. The van der Waals surface area contributed by atoms with Crippen LogP contribution in [0, 0.1) is 0 Å². The molecule has 1 aliphatic carbocycles. The van der Waals surface area contributed by atoms with Gasteiger partial charge >= 0.3 is 0 Å². The van der Waals surface area contributed by atoms with E-state index in [1.165, 1.54) is 22.2 Å². The lowest BCUT2D eigenvalue weighted by Gasteiger charge is -2.19. The van der Waals surface area contributed by atoms with Crippen molar-refractivity contribution in [2.75, 3.05) is 0 Å². The summed E-state index contributed by atoms with van der Waals surface area (Å²) in [6, 6.07) is 8.34. The van der Waals surface area contributed by atoms with Crippen molar-refractivity contribution in [2.24, 2.45) is 7.05 Å². The van der Waals surface area contributed by atoms with E-state index in [4.69, 9.17) is 0 Å². The van der Waals surface area contributed by atoms with Crippen molar-refractivity contribution < 1.29 is 5.11 Å². The minimum atomic E-state index is -0.264. The number of rotatable bonds is 0. The van der Waals surface area contributed by atoms with Crippen LogP contribution in [0.4, 0.5) is 0 Å². The van der Waals surface area contributed by atoms with Crippen LogP contribution in [0.25, 0.3) is 10.9 Å². The molecule has 78 valence electrons. The molecule has 1 aromatic carbocycles. The van der Waals surface area contributed by atoms with Crippen LogP contribution in [-0.2, 0) is 13.5 Å². The van der Waals surface area contributed by atoms with Gasteiger partial charge in [0, 0.05) is 29.2 Å². The highest BCUT2D eigenvalue weighted by molar-refractivity contribution is 5.86. The van der Waals surface area contributed by atoms with Crippen LogP contribution in [0.1, 0.15) is 30.2 Å². The second kappa shape index (κ2) is 3.11. The van der Waals surface area contributed by atoms with Crippen LogP contribution in [0.5, 0.6) is 0 Å². The highest BCUT2D eigenvalue weighted by atomic mass is 16.3. The topological polar surface area (TPSA) is 25.2 Å². The zero-order chi connectivity index (χ0) is 10.4. The predicted octanol–water partition coefficient (Wildman–Crippen LogP) is 2.55. The standard InChI is InChI=1S/C13H15NO/c1-14-10-6-3-2-5-9(10)13-11(14)7-4-8-12(13)15/h2-3,5-6,12,15H,4,7-8H2,1H3/t12-/m0/s1. The third-order valence-corrected chi connectivity index (χ3v) is 3.50. The highest BCUT2D eigenvalue weighted by Crippen LogP contribution is 2.36. The van der Waals surface area contributed by atoms with E-state index < -0.39 is 0 Å². The summed E-state index contributed by atoms with van der Waals surface area (Å²) in [4.78, 5) is 0. The molecule has 2 heteroatoms. The Morgan fingerprint density at radius 3 is 3.00 bits per heavy atom. The third-order valence-electron chi connectivity index (χ3n) is 3.50. The fraction of sp³-hybridized carbons (Fsp3) is 0.385. The van der Waals surface area contributed by atoms with Crippen LogP contribution in [0.2, 0.25) is 0 Å². The maximum Gasteiger partial charge on any atom is 0.0813 e. The molecule has 0 unspecified atom stereocenters. The molecule has 0 bridgehead atoms. The average Bonchev–Trinajstić information content (AvgIpc) is 2.55. The van der Waals surface area contributed by atoms with Gasteiger partial charge in [-0.25, -0.2) is 0 Å². The predicted molar refractivity (Wildman–Crippen MR) is 60.8 cm³/mol. The molecule has 0 fully saturated rings. The van der Waals surface area contributed by atoms with Crippen LogP contribution in [-0.4, -0.2) is 9.67 Å². The Bertz CT molecular complexity index is 512. The summed E-state index contributed by atoms with van der Waals surface area (Å²) >= 11 is 0. The van der Waals surface area contributed by atoms with Crippen molar-refractivity contribution in [2.45, 2.75) is 25.4 Å². The first kappa shape index (κ1) is 8.98. The molecule has 1 atom stereocenters. The van der Waals surface area contributed by atoms with Crippen molar-refractivity contribution in [3.05, 3.63) is 35.5 Å². The molecule has 2 aromatic rings. The molecule has 0 amide bonds. The van der Waals surface area contributed by atoms with Crippen molar-refractivity contribution in [3.8, 4) is 0 Å². The maximum atomic E-state index is 10.1. The Morgan fingerprint density at radius 1 is 1.33 bits per heavy atom. The lowest BCUT2D eigenvalue weighted by atomic mass is 9.93. The summed E-state index contributed by atoms with van der Waals surface area (Å²) in [5.74, 6) is 0. The molecule has 2 nitrogen and oxygen atoms in total. The fourth-order valence-corrected chi connectivity index (χ4v) is 2.76. The van der Waals surface area contributed by atoms with Gasteiger partial charge in [0.25, 0.3) is 0 Å². The number of para-hydroxylation sites is 1. The number of benzene rings is 1. The number of nitrogens with zero attached hydrogens (tertiary/aromatic N) is 1. The monoisotopic (exact) mass is 201 g/mol. The molecule has 1 heterocycles. The number of aromatic nitrogens is 1. The molecule has 0 saturated heterocycles. The smallest absolute Gasteiger partial charge is 0.0813 e. The van der Waals surface area contributed by atoms with Crippen molar-refractivity contribution in [3.63, 3.8) is 0 Å². The molecule has 3 rings (SSSR count). The van der Waals surface area contributed by atoms with Gasteiger partial charge in [-0.15, -0.1) is 0 Å². The van der Waals surface area contributed by atoms with E-state index in [-0.39, 0.29) is 6.10 Å². The van der Waals surface area contributed by atoms with E-state index in [0.29, 0.717) is 0 Å². The summed E-state index contributed by atoms with van der Waals surface area (Å²) in [7, 11) is 2.10. The third kappa shape index (κ3) is 1.15. The minimum Gasteiger partial charge on any atom is -0.388 e. The van der Waals surface area contributed by atoms with E-state index >= 15 is 0 Å². The van der Waals surface area contributed by atoms with Gasteiger partial charge in [-0.3, -0.25) is 0 Å². The summed E-state index contributed by atoms with van der Waals surface area (Å²) in [5, 5.41) is 11.3. The van der Waals surface area contributed by atoms with E-state index in [1.807, 2.05) is 6.07 Å². The minimum absolute atomic E-state index is 0.264. The molecule has 15 heavy (non-hydrogen) atoms. The van der Waals surface area contributed by atoms with Crippen molar-refractivity contribution in [1.82, 2.24) is 4.57 Å². The van der Waals surface area contributed by atoms with Gasteiger partial charge < -0.3 is 9.67 Å². The van der Waals surface area contributed by atoms with Gasteiger partial charge in [-0.05, 0) is 25.3 Å². The first-order valence-electron chi connectivity index (χ1n) is 5.53. The Morgan fingerprint density at radius 2 is 2.13 bits per heavy atom. The van der Waals surface area contributed by atoms with E-state index in [0.717, 1.165) is 19.3 Å². The molecule has 0 saturated carbocycles. The highest BCUT2D eigenvalue weighted by Gasteiger charge is 2.24. The fourth-order valence-electron chi connectivity index (χ4n) is 2.76. The second-order valence-electron chi connectivity index (χ2n) is 4.34. The van der Waals surface area contributed by atoms with Crippen LogP contribution >= 0.6 is 0 Å². The van der Waals surface area contributed by atoms with Gasteiger partial charge in [0.05, 0.1) is 6.10 Å². The molecular weight excluding hydrogens is 186 g/mol. The SMILES string of the molecule is Cn1c2c(c3ccccc31)[C@@H](O)CCC2. The summed E-state index contributed by atoms with van der Waals surface area (Å²) in [6.07, 6.45) is 2.83. The molecule has 1 aromatic heterocycles. The molecular formula is C13H15NO.